The van der Waals surface area contributed by atoms with E-state index in [2.05, 4.69) is 5.32 Å². The summed E-state index contributed by atoms with van der Waals surface area (Å²) in [5.74, 6) is 0.226. The molecule has 0 spiro atoms. The highest BCUT2D eigenvalue weighted by Gasteiger charge is 2.25. The maximum atomic E-state index is 12.9. The number of likely N-dealkylation sites (tertiary alicyclic amines) is 1. The second-order valence-corrected chi connectivity index (χ2v) is 6.72. The number of hydrogen-bond donors (Lipinski definition) is 1. The maximum absolute atomic E-state index is 12.9. The molecule has 1 aromatic carbocycles. The Bertz CT molecular complexity index is 556. The van der Waals surface area contributed by atoms with Crippen LogP contribution in [0.15, 0.2) is 24.3 Å². The number of carbonyl (C=O) groups is 2. The van der Waals surface area contributed by atoms with Gasteiger partial charge in [0.05, 0.1) is 11.3 Å². The monoisotopic (exact) mass is 314 g/mol. The maximum Gasteiger partial charge on any atom is 0.255 e. The van der Waals surface area contributed by atoms with Gasteiger partial charge < -0.3 is 10.2 Å². The van der Waals surface area contributed by atoms with Gasteiger partial charge in [0.2, 0.25) is 5.91 Å². The van der Waals surface area contributed by atoms with E-state index in [0.717, 1.165) is 51.6 Å². The second-order valence-electron chi connectivity index (χ2n) is 6.72. The van der Waals surface area contributed by atoms with Crippen LogP contribution in [0.3, 0.4) is 0 Å². The molecule has 0 atom stereocenters. The van der Waals surface area contributed by atoms with E-state index in [4.69, 9.17) is 0 Å². The lowest BCUT2D eigenvalue weighted by molar-refractivity contribution is -0.119. The van der Waals surface area contributed by atoms with Crippen molar-refractivity contribution >= 4 is 17.5 Å². The topological polar surface area (TPSA) is 49.4 Å². The van der Waals surface area contributed by atoms with Crippen LogP contribution in [0.1, 0.15) is 61.7 Å². The van der Waals surface area contributed by atoms with E-state index in [9.17, 15) is 9.59 Å². The number of rotatable bonds is 3. The van der Waals surface area contributed by atoms with Crippen molar-refractivity contribution in [3.63, 3.8) is 0 Å². The molecule has 0 aromatic heterocycles. The van der Waals surface area contributed by atoms with Crippen LogP contribution in [0.25, 0.3) is 0 Å². The van der Waals surface area contributed by atoms with E-state index < -0.39 is 0 Å². The number of benzene rings is 1. The number of amides is 2. The van der Waals surface area contributed by atoms with Crippen molar-refractivity contribution in [1.29, 1.82) is 0 Å². The minimum atomic E-state index is 0.0502. The SMILES string of the molecule is O=C(Nc1ccccc1C(=O)N1CCCCCC1)C1CCCC1. The van der Waals surface area contributed by atoms with Crippen molar-refractivity contribution in [2.45, 2.75) is 51.4 Å². The van der Waals surface area contributed by atoms with Crippen LogP contribution in [-0.2, 0) is 4.79 Å². The zero-order chi connectivity index (χ0) is 16.1. The number of anilines is 1. The standard InChI is InChI=1S/C19H26N2O2/c22-18(15-9-3-4-10-15)20-17-12-6-5-11-16(17)19(23)21-13-7-1-2-8-14-21/h5-6,11-12,15H,1-4,7-10,13-14H2,(H,20,22). The smallest absolute Gasteiger partial charge is 0.255 e. The highest BCUT2D eigenvalue weighted by atomic mass is 16.2. The molecule has 1 N–H and O–H groups in total. The van der Waals surface area contributed by atoms with Crippen LogP contribution in [0, 0.1) is 5.92 Å². The summed E-state index contributed by atoms with van der Waals surface area (Å²) in [5.41, 5.74) is 1.29. The van der Waals surface area contributed by atoms with E-state index in [0.29, 0.717) is 11.3 Å². The van der Waals surface area contributed by atoms with Crippen LogP contribution in [0.4, 0.5) is 5.69 Å². The molecule has 23 heavy (non-hydrogen) atoms. The van der Waals surface area contributed by atoms with Crippen LogP contribution < -0.4 is 5.32 Å². The van der Waals surface area contributed by atoms with Crippen molar-refractivity contribution in [1.82, 2.24) is 4.90 Å². The number of carbonyl (C=O) groups excluding carboxylic acids is 2. The first-order chi connectivity index (χ1) is 11.3. The lowest BCUT2D eigenvalue weighted by Gasteiger charge is -2.22. The van der Waals surface area contributed by atoms with Gasteiger partial charge >= 0.3 is 0 Å². The molecule has 2 fully saturated rings. The number of para-hydroxylation sites is 1. The molecule has 1 aromatic rings. The van der Waals surface area contributed by atoms with Gasteiger partial charge in [-0.25, -0.2) is 0 Å². The lowest BCUT2D eigenvalue weighted by Crippen LogP contribution is -2.33. The summed E-state index contributed by atoms with van der Waals surface area (Å²) in [6, 6.07) is 7.43. The first kappa shape index (κ1) is 16.0. The van der Waals surface area contributed by atoms with Gasteiger partial charge in [-0.15, -0.1) is 0 Å². The highest BCUT2D eigenvalue weighted by molar-refractivity contribution is 6.04. The fraction of sp³-hybridized carbons (Fsp3) is 0.579. The Kier molecular flexibility index (Phi) is 5.31. The zero-order valence-corrected chi connectivity index (χ0v) is 13.7. The van der Waals surface area contributed by atoms with Crippen molar-refractivity contribution in [3.05, 3.63) is 29.8 Å². The van der Waals surface area contributed by atoms with E-state index in [-0.39, 0.29) is 17.7 Å². The highest BCUT2D eigenvalue weighted by Crippen LogP contribution is 2.27. The molecular weight excluding hydrogens is 288 g/mol. The van der Waals surface area contributed by atoms with Crippen molar-refractivity contribution < 1.29 is 9.59 Å². The molecule has 4 heteroatoms. The Morgan fingerprint density at radius 2 is 1.57 bits per heavy atom. The third-order valence-electron chi connectivity index (χ3n) is 5.03. The largest absolute Gasteiger partial charge is 0.339 e. The lowest BCUT2D eigenvalue weighted by atomic mass is 10.1. The zero-order valence-electron chi connectivity index (χ0n) is 13.7. The van der Waals surface area contributed by atoms with Crippen molar-refractivity contribution in [2.75, 3.05) is 18.4 Å². The molecule has 124 valence electrons. The predicted octanol–water partition coefficient (Wildman–Crippen LogP) is 3.83. The van der Waals surface area contributed by atoms with Crippen LogP contribution in [0.5, 0.6) is 0 Å². The molecule has 1 aliphatic carbocycles. The quantitative estimate of drug-likeness (QED) is 0.921. The van der Waals surface area contributed by atoms with Crippen molar-refractivity contribution in [2.24, 2.45) is 5.92 Å². The molecule has 2 aliphatic rings. The van der Waals surface area contributed by atoms with Gasteiger partial charge in [0, 0.05) is 19.0 Å². The molecule has 0 radical (unpaired) electrons. The van der Waals surface area contributed by atoms with E-state index in [1.54, 1.807) is 0 Å². The normalized spacial score (nSPS) is 19.4. The summed E-state index contributed by atoms with van der Waals surface area (Å²) in [4.78, 5) is 27.2. The fourth-order valence-corrected chi connectivity index (χ4v) is 3.65. The van der Waals surface area contributed by atoms with Gasteiger partial charge in [0.25, 0.3) is 5.91 Å². The van der Waals surface area contributed by atoms with Gasteiger partial charge in [-0.05, 0) is 37.8 Å². The molecule has 0 bridgehead atoms. The van der Waals surface area contributed by atoms with Gasteiger partial charge in [0.15, 0.2) is 0 Å². The van der Waals surface area contributed by atoms with Gasteiger partial charge in [-0.2, -0.15) is 0 Å². The van der Waals surface area contributed by atoms with Crippen molar-refractivity contribution in [3.8, 4) is 0 Å². The molecule has 1 aliphatic heterocycles. The first-order valence-corrected chi connectivity index (χ1v) is 8.95. The van der Waals surface area contributed by atoms with Gasteiger partial charge in [0.1, 0.15) is 0 Å². The minimum Gasteiger partial charge on any atom is -0.339 e. The predicted molar refractivity (Wildman–Crippen MR) is 91.4 cm³/mol. The average molecular weight is 314 g/mol. The van der Waals surface area contributed by atoms with Crippen LogP contribution in [-0.4, -0.2) is 29.8 Å². The Labute approximate surface area is 138 Å². The molecule has 1 saturated heterocycles. The molecule has 0 unspecified atom stereocenters. The summed E-state index contributed by atoms with van der Waals surface area (Å²) < 4.78 is 0. The number of nitrogens with zero attached hydrogens (tertiary/aromatic N) is 1. The summed E-state index contributed by atoms with van der Waals surface area (Å²) in [6.07, 6.45) is 8.74. The van der Waals surface area contributed by atoms with Gasteiger partial charge in [-0.1, -0.05) is 37.8 Å². The Morgan fingerprint density at radius 3 is 2.26 bits per heavy atom. The van der Waals surface area contributed by atoms with Gasteiger partial charge in [-0.3, -0.25) is 9.59 Å². The molecule has 2 amide bonds. The second kappa shape index (κ2) is 7.62. The summed E-state index contributed by atoms with van der Waals surface area (Å²) >= 11 is 0. The third kappa shape index (κ3) is 3.92. The third-order valence-corrected chi connectivity index (χ3v) is 5.03. The first-order valence-electron chi connectivity index (χ1n) is 8.95. The number of nitrogens with one attached hydrogen (secondary N) is 1. The minimum absolute atomic E-state index is 0.0502. The molecule has 4 nitrogen and oxygen atoms in total. The van der Waals surface area contributed by atoms with Crippen LogP contribution >= 0.6 is 0 Å². The summed E-state index contributed by atoms with van der Waals surface area (Å²) in [7, 11) is 0. The van der Waals surface area contributed by atoms with Crippen LogP contribution in [0.2, 0.25) is 0 Å². The Morgan fingerprint density at radius 1 is 0.913 bits per heavy atom. The molecule has 1 saturated carbocycles. The Balaban J connectivity index is 1.74. The van der Waals surface area contributed by atoms with E-state index >= 15 is 0 Å². The fourth-order valence-electron chi connectivity index (χ4n) is 3.65. The number of hydrogen-bond acceptors (Lipinski definition) is 2. The Hall–Kier alpha value is -1.84. The van der Waals surface area contributed by atoms with E-state index in [1.165, 1.54) is 12.8 Å². The average Bonchev–Trinajstić information content (AvgIpc) is 2.98. The molecule has 3 rings (SSSR count). The molecular formula is C19H26N2O2. The molecule has 1 heterocycles. The summed E-state index contributed by atoms with van der Waals surface area (Å²) in [6.45, 7) is 1.65. The summed E-state index contributed by atoms with van der Waals surface area (Å²) in [5, 5.41) is 3.00. The van der Waals surface area contributed by atoms with E-state index in [1.807, 2.05) is 29.2 Å².